The summed E-state index contributed by atoms with van der Waals surface area (Å²) >= 11 is 1.40. The molecule has 5 heteroatoms. The first-order valence-corrected chi connectivity index (χ1v) is 6.09. The molecule has 0 aliphatic carbocycles. The average Bonchev–Trinajstić information content (AvgIpc) is 2.25. The van der Waals surface area contributed by atoms with E-state index in [0.717, 1.165) is 0 Å². The molecule has 1 rings (SSSR count). The van der Waals surface area contributed by atoms with Gasteiger partial charge in [-0.15, -0.1) is 0 Å². The number of carbonyl (C=O) groups is 1. The molecule has 0 radical (unpaired) electrons. The van der Waals surface area contributed by atoms with Gasteiger partial charge in [0, 0.05) is 11.0 Å². The Kier molecular flexibility index (Phi) is 4.98. The molecule has 1 atom stereocenters. The molecule has 17 heavy (non-hydrogen) atoms. The molecule has 0 amide bonds. The molecule has 0 fully saturated rings. The fourth-order valence-corrected chi connectivity index (χ4v) is 2.29. The minimum atomic E-state index is -0.857. The number of nitriles is 1. The molecule has 0 saturated carbocycles. The summed E-state index contributed by atoms with van der Waals surface area (Å²) in [6.45, 7) is 1.80. The summed E-state index contributed by atoms with van der Waals surface area (Å²) < 4.78 is 13.0. The highest BCUT2D eigenvalue weighted by Crippen LogP contribution is 2.22. The van der Waals surface area contributed by atoms with E-state index < -0.39 is 5.97 Å². The van der Waals surface area contributed by atoms with Gasteiger partial charge in [-0.25, -0.2) is 4.39 Å². The fraction of sp³-hybridized carbons (Fsp3) is 0.333. The average molecular weight is 253 g/mol. The van der Waals surface area contributed by atoms with Gasteiger partial charge in [0.05, 0.1) is 18.1 Å². The second-order valence-corrected chi connectivity index (χ2v) is 5.06. The van der Waals surface area contributed by atoms with Crippen LogP contribution in [0.25, 0.3) is 0 Å². The van der Waals surface area contributed by atoms with Crippen LogP contribution in [-0.2, 0) is 10.5 Å². The second kappa shape index (κ2) is 6.26. The first-order valence-electron chi connectivity index (χ1n) is 5.05. The van der Waals surface area contributed by atoms with Gasteiger partial charge in [0.2, 0.25) is 0 Å². The summed E-state index contributed by atoms with van der Waals surface area (Å²) in [5, 5.41) is 17.4. The predicted octanol–water partition coefficient (Wildman–Crippen LogP) is 2.79. The Balaban J connectivity index is 2.66. The van der Waals surface area contributed by atoms with Crippen LogP contribution in [0.4, 0.5) is 4.39 Å². The molecule has 90 valence electrons. The van der Waals surface area contributed by atoms with E-state index in [4.69, 9.17) is 10.4 Å². The Morgan fingerprint density at radius 3 is 2.94 bits per heavy atom. The number of carboxylic acid groups (broad SMARTS) is 1. The molecule has 0 aliphatic heterocycles. The van der Waals surface area contributed by atoms with Crippen molar-refractivity contribution in [1.29, 1.82) is 5.26 Å². The maximum atomic E-state index is 13.0. The Hall–Kier alpha value is -1.54. The van der Waals surface area contributed by atoms with Crippen LogP contribution in [0.5, 0.6) is 0 Å². The van der Waals surface area contributed by atoms with Gasteiger partial charge in [0.15, 0.2) is 0 Å². The van der Waals surface area contributed by atoms with Gasteiger partial charge in [-0.2, -0.15) is 17.0 Å². The number of halogens is 1. The van der Waals surface area contributed by atoms with Crippen molar-refractivity contribution in [2.24, 2.45) is 0 Å². The number of thioether (sulfide) groups is 1. The Bertz CT molecular complexity index is 456. The smallest absolute Gasteiger partial charge is 0.304 e. The van der Waals surface area contributed by atoms with Gasteiger partial charge in [0.25, 0.3) is 0 Å². The monoisotopic (exact) mass is 253 g/mol. The van der Waals surface area contributed by atoms with Gasteiger partial charge in [-0.05, 0) is 23.8 Å². The lowest BCUT2D eigenvalue weighted by Gasteiger charge is -2.09. The molecule has 3 nitrogen and oxygen atoms in total. The third-order valence-corrected chi connectivity index (χ3v) is 3.39. The van der Waals surface area contributed by atoms with Crippen LogP contribution >= 0.6 is 11.8 Å². The molecule has 0 spiro atoms. The summed E-state index contributed by atoms with van der Waals surface area (Å²) in [5.74, 6) is -0.801. The highest BCUT2D eigenvalue weighted by Gasteiger charge is 2.10. The lowest BCUT2D eigenvalue weighted by molar-refractivity contribution is -0.136. The zero-order chi connectivity index (χ0) is 12.8. The third-order valence-electron chi connectivity index (χ3n) is 2.17. The van der Waals surface area contributed by atoms with Crippen molar-refractivity contribution in [3.05, 3.63) is 35.1 Å². The quantitative estimate of drug-likeness (QED) is 0.876. The molecule has 1 aromatic carbocycles. The van der Waals surface area contributed by atoms with E-state index in [2.05, 4.69) is 0 Å². The molecule has 1 unspecified atom stereocenters. The van der Waals surface area contributed by atoms with Gasteiger partial charge in [0.1, 0.15) is 5.82 Å². The van der Waals surface area contributed by atoms with Crippen molar-refractivity contribution in [2.75, 3.05) is 0 Å². The van der Waals surface area contributed by atoms with Crippen LogP contribution in [0.1, 0.15) is 24.5 Å². The normalized spacial score (nSPS) is 11.8. The van der Waals surface area contributed by atoms with Gasteiger partial charge >= 0.3 is 5.97 Å². The van der Waals surface area contributed by atoms with Gasteiger partial charge < -0.3 is 5.11 Å². The van der Waals surface area contributed by atoms with Crippen LogP contribution < -0.4 is 0 Å². The number of rotatable bonds is 5. The van der Waals surface area contributed by atoms with E-state index in [1.54, 1.807) is 6.92 Å². The Morgan fingerprint density at radius 2 is 2.35 bits per heavy atom. The first kappa shape index (κ1) is 13.5. The first-order chi connectivity index (χ1) is 8.02. The number of benzene rings is 1. The number of aliphatic carboxylic acids is 1. The maximum absolute atomic E-state index is 13.0. The minimum Gasteiger partial charge on any atom is -0.481 e. The topological polar surface area (TPSA) is 61.1 Å². The third kappa shape index (κ3) is 4.45. The van der Waals surface area contributed by atoms with E-state index in [1.165, 1.54) is 30.0 Å². The summed E-state index contributed by atoms with van der Waals surface area (Å²) in [4.78, 5) is 10.5. The number of carboxylic acids is 1. The van der Waals surface area contributed by atoms with E-state index in [0.29, 0.717) is 16.9 Å². The number of hydrogen-bond donors (Lipinski definition) is 1. The summed E-state index contributed by atoms with van der Waals surface area (Å²) in [7, 11) is 0. The SMILES string of the molecule is CC(CC(=O)O)SCc1cc(F)ccc1C#N. The Labute approximate surface area is 103 Å². The zero-order valence-electron chi connectivity index (χ0n) is 9.31. The van der Waals surface area contributed by atoms with Crippen LogP contribution in [0.15, 0.2) is 18.2 Å². The zero-order valence-corrected chi connectivity index (χ0v) is 10.1. The van der Waals surface area contributed by atoms with Crippen molar-refractivity contribution in [2.45, 2.75) is 24.3 Å². The van der Waals surface area contributed by atoms with Crippen molar-refractivity contribution in [3.8, 4) is 6.07 Å². The number of hydrogen-bond acceptors (Lipinski definition) is 3. The lowest BCUT2D eigenvalue weighted by atomic mass is 10.1. The molecular weight excluding hydrogens is 241 g/mol. The minimum absolute atomic E-state index is 0.0574. The molecular formula is C12H12FNO2S. The van der Waals surface area contributed by atoms with Crippen molar-refractivity contribution < 1.29 is 14.3 Å². The lowest BCUT2D eigenvalue weighted by Crippen LogP contribution is -2.06. The summed E-state index contributed by atoms with van der Waals surface area (Å²) in [6, 6.07) is 5.99. The van der Waals surface area contributed by atoms with Crippen molar-refractivity contribution in [3.63, 3.8) is 0 Å². The molecule has 1 aromatic rings. The molecule has 0 bridgehead atoms. The van der Waals surface area contributed by atoms with Gasteiger partial charge in [-0.1, -0.05) is 6.92 Å². The summed E-state index contributed by atoms with van der Waals surface area (Å²) in [6.07, 6.45) is 0.0574. The van der Waals surface area contributed by atoms with Crippen molar-refractivity contribution >= 4 is 17.7 Å². The molecule has 1 N–H and O–H groups in total. The molecule has 0 aromatic heterocycles. The molecule has 0 saturated heterocycles. The predicted molar refractivity (Wildman–Crippen MR) is 64.1 cm³/mol. The van der Waals surface area contributed by atoms with E-state index in [9.17, 15) is 9.18 Å². The standard InChI is InChI=1S/C12H12FNO2S/c1-8(4-12(15)16)17-7-10-5-11(13)3-2-9(10)6-14/h2-3,5,8H,4,7H2,1H3,(H,15,16). The van der Waals surface area contributed by atoms with Crippen LogP contribution in [0.3, 0.4) is 0 Å². The van der Waals surface area contributed by atoms with E-state index >= 15 is 0 Å². The Morgan fingerprint density at radius 1 is 1.65 bits per heavy atom. The van der Waals surface area contributed by atoms with Crippen molar-refractivity contribution in [1.82, 2.24) is 0 Å². The highest BCUT2D eigenvalue weighted by atomic mass is 32.2. The summed E-state index contributed by atoms with van der Waals surface area (Å²) in [5.41, 5.74) is 1.04. The largest absolute Gasteiger partial charge is 0.481 e. The fourth-order valence-electron chi connectivity index (χ4n) is 1.33. The van der Waals surface area contributed by atoms with Crippen LogP contribution in [0.2, 0.25) is 0 Å². The molecule has 0 aliphatic rings. The van der Waals surface area contributed by atoms with E-state index in [1.807, 2.05) is 6.07 Å². The second-order valence-electron chi connectivity index (χ2n) is 3.63. The van der Waals surface area contributed by atoms with Crippen LogP contribution in [-0.4, -0.2) is 16.3 Å². The maximum Gasteiger partial charge on any atom is 0.304 e. The number of nitrogens with zero attached hydrogens (tertiary/aromatic N) is 1. The van der Waals surface area contributed by atoms with Gasteiger partial charge in [-0.3, -0.25) is 4.79 Å². The highest BCUT2D eigenvalue weighted by molar-refractivity contribution is 7.99. The van der Waals surface area contributed by atoms with Crippen LogP contribution in [0, 0.1) is 17.1 Å². The van der Waals surface area contributed by atoms with E-state index in [-0.39, 0.29) is 17.5 Å². The molecule has 0 heterocycles.